The van der Waals surface area contributed by atoms with Crippen molar-refractivity contribution in [2.75, 3.05) is 5.32 Å². The molecule has 0 radical (unpaired) electrons. The summed E-state index contributed by atoms with van der Waals surface area (Å²) in [5, 5.41) is 3.45. The Morgan fingerprint density at radius 1 is 1.10 bits per heavy atom. The van der Waals surface area contributed by atoms with Crippen molar-refractivity contribution in [1.29, 1.82) is 0 Å². The molecule has 2 bridgehead atoms. The molecule has 4 unspecified atom stereocenters. The predicted octanol–water partition coefficient (Wildman–Crippen LogP) is 2.20. The second-order valence-electron chi connectivity index (χ2n) is 5.40. The van der Waals surface area contributed by atoms with Gasteiger partial charge in [-0.1, -0.05) is 23.8 Å². The fraction of sp³-hybridized carbons (Fsp3) is 0.333. The van der Waals surface area contributed by atoms with Gasteiger partial charge in [-0.2, -0.15) is 0 Å². The van der Waals surface area contributed by atoms with Crippen molar-refractivity contribution in [3.63, 3.8) is 0 Å². The van der Waals surface area contributed by atoms with Crippen LogP contribution in [-0.2, 0) is 9.59 Å². The highest BCUT2D eigenvalue weighted by atomic mass is 35.5. The molecular weight excluding hydrogens is 276 g/mol. The van der Waals surface area contributed by atoms with Gasteiger partial charge in [-0.05, 0) is 42.5 Å². The van der Waals surface area contributed by atoms with Gasteiger partial charge in [0.25, 0.3) is 0 Å². The van der Waals surface area contributed by atoms with Gasteiger partial charge in [0, 0.05) is 10.7 Å². The molecule has 1 saturated carbocycles. The number of nitrogens with two attached hydrogens (primary N) is 1. The van der Waals surface area contributed by atoms with E-state index in [1.54, 1.807) is 24.3 Å². The maximum absolute atomic E-state index is 12.4. The van der Waals surface area contributed by atoms with Gasteiger partial charge in [-0.25, -0.2) is 0 Å². The number of nitrogens with one attached hydrogen (secondary N) is 1. The van der Waals surface area contributed by atoms with E-state index in [0.29, 0.717) is 10.7 Å². The van der Waals surface area contributed by atoms with Crippen LogP contribution in [0.25, 0.3) is 0 Å². The van der Waals surface area contributed by atoms with Crippen LogP contribution in [0, 0.1) is 23.7 Å². The molecule has 0 heterocycles. The van der Waals surface area contributed by atoms with E-state index in [0.717, 1.165) is 6.42 Å². The minimum Gasteiger partial charge on any atom is -0.369 e. The molecule has 104 valence electrons. The summed E-state index contributed by atoms with van der Waals surface area (Å²) in [5.41, 5.74) is 6.13. The fourth-order valence-electron chi connectivity index (χ4n) is 3.33. The average Bonchev–Trinajstić information content (AvgIpc) is 3.01. The van der Waals surface area contributed by atoms with Gasteiger partial charge < -0.3 is 11.1 Å². The van der Waals surface area contributed by atoms with E-state index in [-0.39, 0.29) is 23.7 Å². The lowest BCUT2D eigenvalue weighted by Crippen LogP contribution is -2.39. The molecule has 1 aromatic carbocycles. The molecule has 0 spiro atoms. The summed E-state index contributed by atoms with van der Waals surface area (Å²) >= 11 is 5.81. The lowest BCUT2D eigenvalue weighted by Gasteiger charge is -2.24. The number of hydrogen-bond acceptors (Lipinski definition) is 2. The van der Waals surface area contributed by atoms with Crippen molar-refractivity contribution in [2.24, 2.45) is 29.4 Å². The molecule has 2 aliphatic rings. The van der Waals surface area contributed by atoms with Gasteiger partial charge in [-0.15, -0.1) is 0 Å². The summed E-state index contributed by atoms with van der Waals surface area (Å²) < 4.78 is 0. The Morgan fingerprint density at radius 3 is 2.30 bits per heavy atom. The SMILES string of the molecule is NC(=O)C1C2C=CC(C2)C1C(=O)Nc1ccc(Cl)cc1. The molecule has 3 N–H and O–H groups in total. The lowest BCUT2D eigenvalue weighted by atomic mass is 9.82. The van der Waals surface area contributed by atoms with Crippen LogP contribution < -0.4 is 11.1 Å². The summed E-state index contributed by atoms with van der Waals surface area (Å²) in [6.07, 6.45) is 4.87. The summed E-state index contributed by atoms with van der Waals surface area (Å²) in [7, 11) is 0. The Hall–Kier alpha value is -1.81. The summed E-state index contributed by atoms with van der Waals surface area (Å²) in [6.45, 7) is 0. The predicted molar refractivity (Wildman–Crippen MR) is 77.0 cm³/mol. The summed E-state index contributed by atoms with van der Waals surface area (Å²) in [6, 6.07) is 6.90. The van der Waals surface area contributed by atoms with E-state index in [2.05, 4.69) is 5.32 Å². The standard InChI is InChI=1S/C15H15ClN2O2/c16-10-3-5-11(6-4-10)18-15(20)13-9-2-1-8(7-9)12(13)14(17)19/h1-6,8-9,12-13H,7H2,(H2,17,19)(H,18,20). The highest BCUT2D eigenvalue weighted by Gasteiger charge is 2.50. The van der Waals surface area contributed by atoms with Crippen LogP contribution in [0.5, 0.6) is 0 Å². The van der Waals surface area contributed by atoms with Crippen molar-refractivity contribution in [2.45, 2.75) is 6.42 Å². The number of carbonyl (C=O) groups excluding carboxylic acids is 2. The molecule has 0 aliphatic heterocycles. The Morgan fingerprint density at radius 2 is 1.70 bits per heavy atom. The monoisotopic (exact) mass is 290 g/mol. The minimum absolute atomic E-state index is 0.110. The van der Waals surface area contributed by atoms with Crippen LogP contribution in [-0.4, -0.2) is 11.8 Å². The number of benzene rings is 1. The molecule has 1 fully saturated rings. The highest BCUT2D eigenvalue weighted by molar-refractivity contribution is 6.30. The quantitative estimate of drug-likeness (QED) is 0.838. The van der Waals surface area contributed by atoms with Crippen molar-refractivity contribution in [1.82, 2.24) is 0 Å². The number of amides is 2. The van der Waals surface area contributed by atoms with E-state index < -0.39 is 11.8 Å². The van der Waals surface area contributed by atoms with E-state index >= 15 is 0 Å². The number of halogens is 1. The first-order valence-electron chi connectivity index (χ1n) is 6.60. The van der Waals surface area contributed by atoms with Crippen molar-refractivity contribution < 1.29 is 9.59 Å². The third kappa shape index (κ3) is 2.20. The third-order valence-electron chi connectivity index (χ3n) is 4.20. The van der Waals surface area contributed by atoms with Crippen LogP contribution in [0.15, 0.2) is 36.4 Å². The van der Waals surface area contributed by atoms with Gasteiger partial charge in [0.15, 0.2) is 0 Å². The minimum atomic E-state index is -0.391. The van der Waals surface area contributed by atoms with Gasteiger partial charge in [-0.3, -0.25) is 9.59 Å². The molecule has 3 rings (SSSR count). The van der Waals surface area contributed by atoms with Crippen LogP contribution in [0.4, 0.5) is 5.69 Å². The van der Waals surface area contributed by atoms with Crippen LogP contribution in [0.2, 0.25) is 5.02 Å². The molecular formula is C15H15ClN2O2. The Kier molecular flexibility index (Phi) is 3.26. The summed E-state index contributed by atoms with van der Waals surface area (Å²) in [5.74, 6) is -1.06. The molecule has 0 aromatic heterocycles. The number of primary amides is 1. The van der Waals surface area contributed by atoms with Crippen molar-refractivity contribution in [3.05, 3.63) is 41.4 Å². The normalized spacial score (nSPS) is 30.4. The summed E-state index contributed by atoms with van der Waals surface area (Å²) in [4.78, 5) is 24.0. The molecule has 5 heteroatoms. The molecule has 2 amide bonds. The van der Waals surface area contributed by atoms with Crippen LogP contribution >= 0.6 is 11.6 Å². The largest absolute Gasteiger partial charge is 0.369 e. The van der Waals surface area contributed by atoms with E-state index in [1.165, 1.54) is 0 Å². The molecule has 0 saturated heterocycles. The molecule has 2 aliphatic carbocycles. The van der Waals surface area contributed by atoms with Crippen LogP contribution in [0.3, 0.4) is 0 Å². The Balaban J connectivity index is 1.78. The van der Waals surface area contributed by atoms with Crippen molar-refractivity contribution in [3.8, 4) is 0 Å². The van der Waals surface area contributed by atoms with E-state index in [1.807, 2.05) is 12.2 Å². The molecule has 4 atom stereocenters. The van der Waals surface area contributed by atoms with Crippen molar-refractivity contribution >= 4 is 29.1 Å². The topological polar surface area (TPSA) is 72.2 Å². The number of allylic oxidation sites excluding steroid dienone is 2. The zero-order chi connectivity index (χ0) is 14.3. The van der Waals surface area contributed by atoms with Crippen LogP contribution in [0.1, 0.15) is 6.42 Å². The fourth-order valence-corrected chi connectivity index (χ4v) is 3.45. The Bertz CT molecular complexity index is 582. The molecule has 4 nitrogen and oxygen atoms in total. The second-order valence-corrected chi connectivity index (χ2v) is 5.83. The number of anilines is 1. The smallest absolute Gasteiger partial charge is 0.228 e. The first-order chi connectivity index (χ1) is 9.56. The van der Waals surface area contributed by atoms with Gasteiger partial charge in [0.05, 0.1) is 11.8 Å². The Labute approximate surface area is 122 Å². The zero-order valence-corrected chi connectivity index (χ0v) is 11.5. The number of hydrogen-bond donors (Lipinski definition) is 2. The number of carbonyl (C=O) groups is 2. The van der Waals surface area contributed by atoms with E-state index in [4.69, 9.17) is 17.3 Å². The first kappa shape index (κ1) is 13.2. The maximum Gasteiger partial charge on any atom is 0.228 e. The second kappa shape index (κ2) is 4.94. The lowest BCUT2D eigenvalue weighted by molar-refractivity contribution is -0.130. The van der Waals surface area contributed by atoms with Gasteiger partial charge >= 0.3 is 0 Å². The zero-order valence-electron chi connectivity index (χ0n) is 10.8. The molecule has 1 aromatic rings. The average molecular weight is 291 g/mol. The number of fused-ring (bicyclic) bond motifs is 2. The molecule has 20 heavy (non-hydrogen) atoms. The first-order valence-corrected chi connectivity index (χ1v) is 6.98. The highest BCUT2D eigenvalue weighted by Crippen LogP contribution is 2.48. The maximum atomic E-state index is 12.4. The van der Waals surface area contributed by atoms with Gasteiger partial charge in [0.2, 0.25) is 11.8 Å². The third-order valence-corrected chi connectivity index (χ3v) is 4.45. The number of rotatable bonds is 3. The van der Waals surface area contributed by atoms with Gasteiger partial charge in [0.1, 0.15) is 0 Å². The van der Waals surface area contributed by atoms with E-state index in [9.17, 15) is 9.59 Å².